The van der Waals surface area contributed by atoms with E-state index in [0.29, 0.717) is 16.6 Å². The molecule has 0 aromatic carbocycles. The van der Waals surface area contributed by atoms with Crippen LogP contribution in [0.5, 0.6) is 0 Å². The maximum Gasteiger partial charge on any atom is 0.407 e. The highest BCUT2D eigenvalue weighted by molar-refractivity contribution is 6.05. The SMILES string of the molecule is NC(=O)NC1NC(=O)NC1=O.[OH][AlH2]. The summed E-state index contributed by atoms with van der Waals surface area (Å²) >= 11 is 0.306. The van der Waals surface area contributed by atoms with Gasteiger partial charge in [0.05, 0.1) is 0 Å². The van der Waals surface area contributed by atoms with Crippen LogP contribution in [0.3, 0.4) is 0 Å². The van der Waals surface area contributed by atoms with Crippen LogP contribution in [0.2, 0.25) is 0 Å². The van der Waals surface area contributed by atoms with Gasteiger partial charge in [0.25, 0.3) is 5.91 Å². The van der Waals surface area contributed by atoms with Crippen LogP contribution in [0, 0.1) is 0 Å². The Balaban J connectivity index is 0.000000671. The van der Waals surface area contributed by atoms with E-state index in [1.54, 1.807) is 0 Å². The summed E-state index contributed by atoms with van der Waals surface area (Å²) in [7, 11) is 0. The summed E-state index contributed by atoms with van der Waals surface area (Å²) in [4.78, 5) is 31.3. The lowest BCUT2D eigenvalue weighted by molar-refractivity contribution is -0.120. The van der Waals surface area contributed by atoms with Crippen LogP contribution in [-0.2, 0) is 4.79 Å². The highest BCUT2D eigenvalue weighted by Crippen LogP contribution is 1.86. The summed E-state index contributed by atoms with van der Waals surface area (Å²) in [6, 6.07) is -1.51. The first-order valence-electron chi connectivity index (χ1n) is 3.21. The minimum atomic E-state index is -1.04. The number of rotatable bonds is 1. The molecule has 1 atom stereocenters. The molecule has 72 valence electrons. The van der Waals surface area contributed by atoms with Crippen molar-refractivity contribution in [3.63, 3.8) is 0 Å². The molecule has 0 saturated carbocycles. The highest BCUT2D eigenvalue weighted by atomic mass is 27.1. The normalized spacial score (nSPS) is 19.3. The maximum absolute atomic E-state index is 10.7. The topological polar surface area (TPSA) is 134 Å². The molecule has 0 spiro atoms. The predicted molar refractivity (Wildman–Crippen MR) is 43.9 cm³/mol. The molecule has 1 unspecified atom stereocenters. The summed E-state index contributed by atoms with van der Waals surface area (Å²) in [5.41, 5.74) is 4.70. The highest BCUT2D eigenvalue weighted by Gasteiger charge is 2.29. The zero-order chi connectivity index (χ0) is 10.4. The fraction of sp³-hybridized carbons (Fsp3) is 0.250. The van der Waals surface area contributed by atoms with Gasteiger partial charge in [-0.2, -0.15) is 0 Å². The van der Waals surface area contributed by atoms with Crippen LogP contribution >= 0.6 is 0 Å². The Bertz CT molecular complexity index is 232. The molecular weight excluding hydrogens is 195 g/mol. The Kier molecular flexibility index (Phi) is 4.83. The first kappa shape index (κ1) is 11.7. The van der Waals surface area contributed by atoms with E-state index >= 15 is 0 Å². The lowest BCUT2D eigenvalue weighted by Crippen LogP contribution is -2.48. The zero-order valence-corrected chi connectivity index (χ0v) is 8.83. The van der Waals surface area contributed by atoms with Crippen LogP contribution in [0.15, 0.2) is 0 Å². The fourth-order valence-corrected chi connectivity index (χ4v) is 0.661. The van der Waals surface area contributed by atoms with E-state index in [1.165, 1.54) is 0 Å². The molecule has 8 nitrogen and oxygen atoms in total. The Morgan fingerprint density at radius 1 is 1.54 bits per heavy atom. The van der Waals surface area contributed by atoms with Gasteiger partial charge in [-0.15, -0.1) is 0 Å². The molecule has 0 aliphatic carbocycles. The lowest BCUT2D eigenvalue weighted by atomic mass is 10.5. The van der Waals surface area contributed by atoms with E-state index < -0.39 is 24.1 Å². The summed E-state index contributed by atoms with van der Waals surface area (Å²) in [6.07, 6.45) is -1.04. The molecule has 1 saturated heterocycles. The minimum Gasteiger partial charge on any atom is -0.521 e. The molecule has 6 N–H and O–H groups in total. The molecule has 1 aliphatic rings. The van der Waals surface area contributed by atoms with Crippen molar-refractivity contribution in [2.45, 2.75) is 6.17 Å². The third-order valence-electron chi connectivity index (χ3n) is 1.06. The van der Waals surface area contributed by atoms with Gasteiger partial charge in [-0.1, -0.05) is 0 Å². The number of urea groups is 2. The van der Waals surface area contributed by atoms with Crippen molar-refractivity contribution in [1.29, 1.82) is 0 Å². The lowest BCUT2D eigenvalue weighted by Gasteiger charge is -2.05. The van der Waals surface area contributed by atoms with Gasteiger partial charge in [-0.3, -0.25) is 10.1 Å². The molecule has 5 amide bonds. The molecule has 1 fully saturated rings. The van der Waals surface area contributed by atoms with Crippen molar-refractivity contribution in [2.24, 2.45) is 5.73 Å². The number of carbonyl (C=O) groups excluding carboxylic acids is 3. The molecule has 0 aromatic rings. The van der Waals surface area contributed by atoms with E-state index in [2.05, 4.69) is 5.32 Å². The van der Waals surface area contributed by atoms with Crippen molar-refractivity contribution >= 4 is 34.6 Å². The predicted octanol–water partition coefficient (Wildman–Crippen LogP) is -3.65. The first-order valence-corrected chi connectivity index (χ1v) is 4.11. The molecule has 13 heavy (non-hydrogen) atoms. The van der Waals surface area contributed by atoms with E-state index in [1.807, 2.05) is 10.6 Å². The van der Waals surface area contributed by atoms with E-state index in [0.717, 1.165) is 0 Å². The first-order chi connectivity index (χ1) is 6.09. The number of primary amides is 1. The summed E-state index contributed by atoms with van der Waals surface area (Å²) in [5.74, 6) is -0.617. The standard InChI is InChI=1S/C4H6N4O3.Al.H2O.2H/c5-3(10)6-1-2(9)8-4(11)7-1;;;;/h1H,(H3,5,6,10)(H2,7,8,9,11);;1H2;;/q;+1;;;/p-1. The van der Waals surface area contributed by atoms with Gasteiger partial charge >= 0.3 is 28.7 Å². The van der Waals surface area contributed by atoms with Gasteiger partial charge in [0.1, 0.15) is 0 Å². The fourth-order valence-electron chi connectivity index (χ4n) is 0.661. The number of nitrogens with one attached hydrogen (secondary N) is 3. The van der Waals surface area contributed by atoms with Gasteiger partial charge in [0.2, 0.25) is 0 Å². The Morgan fingerprint density at radius 3 is 2.38 bits per heavy atom. The molecule has 1 aliphatic heterocycles. The number of hydrogen-bond donors (Lipinski definition) is 5. The summed E-state index contributed by atoms with van der Waals surface area (Å²) < 4.78 is 7.14. The van der Waals surface area contributed by atoms with Gasteiger partial charge < -0.3 is 20.5 Å². The number of imide groups is 1. The number of amides is 5. The van der Waals surface area contributed by atoms with Crippen LogP contribution < -0.4 is 21.7 Å². The van der Waals surface area contributed by atoms with Crippen molar-refractivity contribution in [1.82, 2.24) is 16.0 Å². The molecule has 1 heterocycles. The van der Waals surface area contributed by atoms with E-state index in [4.69, 9.17) is 9.89 Å². The quantitative estimate of drug-likeness (QED) is 0.222. The smallest absolute Gasteiger partial charge is 0.407 e. The largest absolute Gasteiger partial charge is 0.521 e. The van der Waals surface area contributed by atoms with Crippen molar-refractivity contribution < 1.29 is 18.5 Å². The third kappa shape index (κ3) is 3.75. The molecule has 0 bridgehead atoms. The molecule has 9 heteroatoms. The van der Waals surface area contributed by atoms with Crippen LogP contribution in [0.1, 0.15) is 0 Å². The van der Waals surface area contributed by atoms with Crippen LogP contribution in [0.25, 0.3) is 0 Å². The Hall–Kier alpha value is -1.30. The number of carbonyl (C=O) groups is 3. The third-order valence-corrected chi connectivity index (χ3v) is 1.06. The second-order valence-electron chi connectivity index (χ2n) is 1.90. The number of nitrogens with two attached hydrogens (primary N) is 1. The molecular formula is C4H9AlN4O4. The van der Waals surface area contributed by atoms with Crippen molar-refractivity contribution in [3.8, 4) is 0 Å². The second kappa shape index (κ2) is 5.37. The van der Waals surface area contributed by atoms with E-state index in [9.17, 15) is 14.4 Å². The summed E-state index contributed by atoms with van der Waals surface area (Å²) in [6.45, 7) is 0. The Labute approximate surface area is 81.6 Å². The van der Waals surface area contributed by atoms with Gasteiger partial charge in [-0.05, 0) is 0 Å². The van der Waals surface area contributed by atoms with Crippen LogP contribution in [0.4, 0.5) is 9.59 Å². The van der Waals surface area contributed by atoms with E-state index in [-0.39, 0.29) is 0 Å². The van der Waals surface area contributed by atoms with Gasteiger partial charge in [0.15, 0.2) is 6.17 Å². The zero-order valence-electron chi connectivity index (χ0n) is 6.83. The summed E-state index contributed by atoms with van der Waals surface area (Å²) in [5, 5.41) is 6.05. The second-order valence-corrected chi connectivity index (χ2v) is 1.90. The molecule has 1 rings (SSSR count). The van der Waals surface area contributed by atoms with Crippen molar-refractivity contribution in [3.05, 3.63) is 0 Å². The number of hydrogen-bond acceptors (Lipinski definition) is 4. The molecule has 0 radical (unpaired) electrons. The van der Waals surface area contributed by atoms with Gasteiger partial charge in [0, 0.05) is 0 Å². The van der Waals surface area contributed by atoms with Crippen molar-refractivity contribution in [2.75, 3.05) is 0 Å². The monoisotopic (exact) mass is 204 g/mol. The Morgan fingerprint density at radius 2 is 2.08 bits per heavy atom. The van der Waals surface area contributed by atoms with Crippen LogP contribution in [-0.4, -0.2) is 44.9 Å². The maximum atomic E-state index is 10.7. The average Bonchev–Trinajstić information content (AvgIpc) is 2.33. The molecule has 0 aromatic heterocycles. The average molecular weight is 204 g/mol. The minimum absolute atomic E-state index is 0.306. The van der Waals surface area contributed by atoms with Gasteiger partial charge in [-0.25, -0.2) is 9.59 Å².